The maximum atomic E-state index is 13.4. The van der Waals surface area contributed by atoms with Crippen LogP contribution in [0.2, 0.25) is 0 Å². The highest BCUT2D eigenvalue weighted by Crippen LogP contribution is 2.49. The van der Waals surface area contributed by atoms with E-state index in [0.29, 0.717) is 11.6 Å². The van der Waals surface area contributed by atoms with Crippen LogP contribution in [-0.4, -0.2) is 31.6 Å². The van der Waals surface area contributed by atoms with Crippen LogP contribution in [0.4, 0.5) is 11.4 Å². The summed E-state index contributed by atoms with van der Waals surface area (Å²) < 4.78 is 27.9. The van der Waals surface area contributed by atoms with Gasteiger partial charge in [0.15, 0.2) is 0 Å². The van der Waals surface area contributed by atoms with Crippen LogP contribution >= 0.6 is 0 Å². The van der Waals surface area contributed by atoms with E-state index in [4.69, 9.17) is 0 Å². The molecule has 0 bridgehead atoms. The number of rotatable bonds is 8. The number of sulfonamides is 1. The number of carbonyl (C=O) groups is 1. The number of fused-ring (bicyclic) bond motifs is 3. The zero-order chi connectivity index (χ0) is 29.1. The number of hydrogen-bond acceptors (Lipinski definition) is 6. The second kappa shape index (κ2) is 11.6. The van der Waals surface area contributed by atoms with Crippen molar-refractivity contribution in [3.63, 3.8) is 0 Å². The van der Waals surface area contributed by atoms with E-state index in [1.165, 1.54) is 29.5 Å². The van der Waals surface area contributed by atoms with Gasteiger partial charge < -0.3 is 5.32 Å². The van der Waals surface area contributed by atoms with Crippen LogP contribution in [0.15, 0.2) is 126 Å². The molecule has 0 unspecified atom stereocenters. The first-order chi connectivity index (χ1) is 20.4. The number of carbonyl (C=O) groups excluding carboxylic acids is 1. The third-order valence-corrected chi connectivity index (χ3v) is 9.63. The van der Waals surface area contributed by atoms with E-state index in [9.17, 15) is 13.2 Å². The van der Waals surface area contributed by atoms with Crippen molar-refractivity contribution in [3.05, 3.63) is 132 Å². The van der Waals surface area contributed by atoms with E-state index in [0.717, 1.165) is 22.0 Å². The number of hydrazone groups is 1. The molecule has 2 N–H and O–H groups in total. The largest absolute Gasteiger partial charge is 0.378 e. The van der Waals surface area contributed by atoms with Crippen LogP contribution in [0.1, 0.15) is 42.0 Å². The lowest BCUT2D eigenvalue weighted by molar-refractivity contribution is -0.119. The van der Waals surface area contributed by atoms with Crippen LogP contribution in [0, 0.1) is 5.92 Å². The Bertz CT molecular complexity index is 1740. The van der Waals surface area contributed by atoms with Gasteiger partial charge in [0.25, 0.3) is 15.9 Å². The second-order valence-corrected chi connectivity index (χ2v) is 12.3. The number of allylic oxidation sites excluding steroid dienone is 2. The Hall–Kier alpha value is -4.76. The first kappa shape index (κ1) is 27.4. The van der Waals surface area contributed by atoms with Crippen LogP contribution in [-0.2, 0) is 14.8 Å². The zero-order valence-corrected chi connectivity index (χ0v) is 23.9. The van der Waals surface area contributed by atoms with Gasteiger partial charge in [0.05, 0.1) is 28.5 Å². The molecule has 0 spiro atoms. The number of pyridine rings is 1. The predicted octanol–water partition coefficient (Wildman–Crippen LogP) is 5.64. The van der Waals surface area contributed by atoms with Crippen LogP contribution in [0.5, 0.6) is 0 Å². The van der Waals surface area contributed by atoms with Crippen molar-refractivity contribution in [1.29, 1.82) is 0 Å². The molecule has 42 heavy (non-hydrogen) atoms. The van der Waals surface area contributed by atoms with Crippen molar-refractivity contribution in [2.45, 2.75) is 30.2 Å². The normalized spacial score (nSPS) is 19.4. The van der Waals surface area contributed by atoms with Crippen LogP contribution in [0.3, 0.4) is 0 Å². The molecule has 9 heteroatoms. The highest BCUT2D eigenvalue weighted by Gasteiger charge is 2.38. The molecule has 1 aliphatic heterocycles. The average Bonchev–Trinajstić information content (AvgIpc) is 3.54. The monoisotopic (exact) mass is 577 g/mol. The summed E-state index contributed by atoms with van der Waals surface area (Å²) in [6.07, 6.45) is 8.51. The molecule has 2 aliphatic rings. The molecule has 0 saturated carbocycles. The van der Waals surface area contributed by atoms with Crippen LogP contribution in [0.25, 0.3) is 0 Å². The van der Waals surface area contributed by atoms with Crippen molar-refractivity contribution in [1.82, 2.24) is 10.4 Å². The van der Waals surface area contributed by atoms with Gasteiger partial charge in [0.1, 0.15) is 6.54 Å². The smallest absolute Gasteiger partial charge is 0.264 e. The summed E-state index contributed by atoms with van der Waals surface area (Å²) in [5.41, 5.74) is 7.92. The summed E-state index contributed by atoms with van der Waals surface area (Å²) in [5.74, 6) is 0.129. The number of hydrogen-bond donors (Lipinski definition) is 2. The quantitative estimate of drug-likeness (QED) is 0.160. The van der Waals surface area contributed by atoms with E-state index < -0.39 is 22.5 Å². The maximum absolute atomic E-state index is 13.4. The van der Waals surface area contributed by atoms with Gasteiger partial charge in [-0.15, -0.1) is 0 Å². The third-order valence-electron chi connectivity index (χ3n) is 7.84. The number of nitrogens with zero attached hydrogens (tertiary/aromatic N) is 3. The van der Waals surface area contributed by atoms with Gasteiger partial charge in [0, 0.05) is 17.8 Å². The Balaban J connectivity index is 1.21. The lowest BCUT2D eigenvalue weighted by atomic mass is 9.76. The molecule has 6 rings (SSSR count). The summed E-state index contributed by atoms with van der Waals surface area (Å²) >= 11 is 0. The number of aromatic nitrogens is 1. The number of nitrogens with one attached hydrogen (secondary N) is 2. The number of amides is 1. The summed E-state index contributed by atoms with van der Waals surface area (Å²) in [7, 11) is -4.01. The first-order valence-corrected chi connectivity index (χ1v) is 15.3. The molecule has 0 fully saturated rings. The summed E-state index contributed by atoms with van der Waals surface area (Å²) in [4.78, 5) is 17.1. The Morgan fingerprint density at radius 2 is 1.79 bits per heavy atom. The molecule has 0 saturated heterocycles. The minimum absolute atomic E-state index is 0.0813. The standard InChI is InChI=1S/C33H31N5O3S/c1-23(25-17-18-31-30(20-25)28-15-8-16-29(28)33(35-31)24-10-4-2-5-11-24)36-37-32(39)22-38(26-12-9-19-34-21-26)42(40,41)27-13-6-3-7-14-27/h2-15,17-21,28-29,33,35H,16,22H2,1H3,(H,37,39)/b36-23+/t28-,29+,33+/m1/s1. The van der Waals surface area contributed by atoms with Crippen molar-refractivity contribution in [2.24, 2.45) is 11.0 Å². The van der Waals surface area contributed by atoms with E-state index in [1.54, 1.807) is 36.5 Å². The fourth-order valence-electron chi connectivity index (χ4n) is 5.72. The van der Waals surface area contributed by atoms with Gasteiger partial charge >= 0.3 is 0 Å². The molecule has 3 atom stereocenters. The fraction of sp³-hybridized carbons (Fsp3) is 0.182. The lowest BCUT2D eigenvalue weighted by Crippen LogP contribution is -2.39. The Labute approximate surface area is 245 Å². The summed E-state index contributed by atoms with van der Waals surface area (Å²) in [6, 6.07) is 28.2. The second-order valence-electron chi connectivity index (χ2n) is 10.5. The van der Waals surface area contributed by atoms with Gasteiger partial charge in [0.2, 0.25) is 0 Å². The highest BCUT2D eigenvalue weighted by molar-refractivity contribution is 7.92. The van der Waals surface area contributed by atoms with Gasteiger partial charge in [-0.3, -0.25) is 14.1 Å². The lowest BCUT2D eigenvalue weighted by Gasteiger charge is -2.37. The van der Waals surface area contributed by atoms with Gasteiger partial charge in [-0.05, 0) is 72.4 Å². The Morgan fingerprint density at radius 1 is 1.02 bits per heavy atom. The zero-order valence-electron chi connectivity index (χ0n) is 23.1. The molecule has 0 radical (unpaired) electrons. The van der Waals surface area contributed by atoms with Crippen molar-refractivity contribution in [2.75, 3.05) is 16.2 Å². The molecule has 1 aliphatic carbocycles. The topological polar surface area (TPSA) is 104 Å². The van der Waals surface area contributed by atoms with E-state index in [2.05, 4.69) is 69.4 Å². The molecule has 1 amide bonds. The molecule has 8 nitrogen and oxygen atoms in total. The summed E-state index contributed by atoms with van der Waals surface area (Å²) in [6.45, 7) is 1.37. The average molecular weight is 578 g/mol. The number of benzene rings is 3. The Morgan fingerprint density at radius 3 is 2.52 bits per heavy atom. The molecule has 1 aromatic heterocycles. The van der Waals surface area contributed by atoms with Crippen molar-refractivity contribution < 1.29 is 13.2 Å². The van der Waals surface area contributed by atoms with Crippen LogP contribution < -0.4 is 15.0 Å². The minimum Gasteiger partial charge on any atom is -0.378 e. The molecule has 212 valence electrons. The van der Waals surface area contributed by atoms with Gasteiger partial charge in [-0.25, -0.2) is 13.8 Å². The summed E-state index contributed by atoms with van der Waals surface area (Å²) in [5, 5.41) is 8.08. The highest BCUT2D eigenvalue weighted by atomic mass is 32.2. The van der Waals surface area contributed by atoms with E-state index in [1.807, 2.05) is 19.1 Å². The number of anilines is 2. The predicted molar refractivity (Wildman–Crippen MR) is 165 cm³/mol. The van der Waals surface area contributed by atoms with Crippen molar-refractivity contribution in [3.8, 4) is 0 Å². The maximum Gasteiger partial charge on any atom is 0.264 e. The molecule has 2 heterocycles. The van der Waals surface area contributed by atoms with Crippen molar-refractivity contribution >= 4 is 33.0 Å². The molecule has 4 aromatic rings. The van der Waals surface area contributed by atoms with Gasteiger partial charge in [-0.2, -0.15) is 5.10 Å². The third kappa shape index (κ3) is 5.43. The molecule has 3 aromatic carbocycles. The Kier molecular flexibility index (Phi) is 7.58. The molecular formula is C33H31N5O3S. The van der Waals surface area contributed by atoms with E-state index >= 15 is 0 Å². The molecular weight excluding hydrogens is 546 g/mol. The van der Waals surface area contributed by atoms with Gasteiger partial charge in [-0.1, -0.05) is 66.7 Å². The van der Waals surface area contributed by atoms with E-state index in [-0.39, 0.29) is 22.5 Å². The first-order valence-electron chi connectivity index (χ1n) is 13.9. The fourth-order valence-corrected chi connectivity index (χ4v) is 7.15. The SMILES string of the molecule is C/C(=N\NC(=O)CN(c1cccnc1)S(=O)(=O)c1ccccc1)c1ccc2c(c1)[C@@H]1C=CC[C@@H]1[C@H](c1ccccc1)N2. The minimum atomic E-state index is -4.01.